The van der Waals surface area contributed by atoms with Gasteiger partial charge in [0.1, 0.15) is 0 Å². The first kappa shape index (κ1) is 9.01. The largest absolute Gasteiger partial charge is 0.304 e. The molecule has 0 saturated carbocycles. The second kappa shape index (κ2) is 5.56. The zero-order chi connectivity index (χ0) is 7.94. The van der Waals surface area contributed by atoms with Gasteiger partial charge in [0, 0.05) is 6.67 Å². The molecule has 1 heterocycles. The lowest BCUT2D eigenvalue weighted by Crippen LogP contribution is -2.33. The topological polar surface area (TPSA) is 15.3 Å². The Morgan fingerprint density at radius 3 is 3.09 bits per heavy atom. The van der Waals surface area contributed by atoms with Gasteiger partial charge in [-0.15, -0.1) is 0 Å². The van der Waals surface area contributed by atoms with Crippen LogP contribution in [0, 0.1) is 0 Å². The summed E-state index contributed by atoms with van der Waals surface area (Å²) in [5, 5.41) is 3.43. The molecule has 0 aliphatic carbocycles. The fraction of sp³-hybridized carbons (Fsp3) is 1.00. The van der Waals surface area contributed by atoms with Gasteiger partial charge in [0.05, 0.1) is 0 Å². The molecular formula is C9H20N2. The van der Waals surface area contributed by atoms with Gasteiger partial charge in [0.25, 0.3) is 0 Å². The van der Waals surface area contributed by atoms with Crippen LogP contribution in [-0.4, -0.2) is 31.2 Å². The lowest BCUT2D eigenvalue weighted by atomic mass is 10.3. The predicted molar refractivity (Wildman–Crippen MR) is 48.6 cm³/mol. The Bertz CT molecular complexity index is 85.6. The third-order valence-corrected chi connectivity index (χ3v) is 2.24. The van der Waals surface area contributed by atoms with E-state index in [0.29, 0.717) is 0 Å². The van der Waals surface area contributed by atoms with Gasteiger partial charge in [-0.2, -0.15) is 0 Å². The molecule has 1 rings (SSSR count). The Hall–Kier alpha value is -0.0800. The maximum atomic E-state index is 3.43. The molecule has 0 spiro atoms. The van der Waals surface area contributed by atoms with Crippen molar-refractivity contribution in [3.8, 4) is 0 Å². The molecule has 0 aromatic heterocycles. The quantitative estimate of drug-likeness (QED) is 0.665. The zero-order valence-corrected chi connectivity index (χ0v) is 7.60. The van der Waals surface area contributed by atoms with Crippen LogP contribution in [0.1, 0.15) is 32.6 Å². The van der Waals surface area contributed by atoms with Crippen molar-refractivity contribution in [1.29, 1.82) is 0 Å². The highest BCUT2D eigenvalue weighted by Crippen LogP contribution is 2.00. The molecule has 0 atom stereocenters. The van der Waals surface area contributed by atoms with Gasteiger partial charge in [-0.05, 0) is 38.9 Å². The predicted octanol–water partition coefficient (Wildman–Crippen LogP) is 1.43. The fourth-order valence-electron chi connectivity index (χ4n) is 1.47. The molecule has 1 aliphatic heterocycles. The highest BCUT2D eigenvalue weighted by molar-refractivity contribution is 4.61. The van der Waals surface area contributed by atoms with Crippen LogP contribution < -0.4 is 5.32 Å². The molecule has 2 nitrogen and oxygen atoms in total. The van der Waals surface area contributed by atoms with E-state index < -0.39 is 0 Å². The van der Waals surface area contributed by atoms with E-state index in [9.17, 15) is 0 Å². The van der Waals surface area contributed by atoms with E-state index in [-0.39, 0.29) is 0 Å². The van der Waals surface area contributed by atoms with Crippen molar-refractivity contribution in [1.82, 2.24) is 10.2 Å². The SMILES string of the molecule is CCCCN1CCCCNC1. The summed E-state index contributed by atoms with van der Waals surface area (Å²) in [6.07, 6.45) is 5.39. The minimum Gasteiger partial charge on any atom is -0.304 e. The number of unbranched alkanes of at least 4 members (excludes halogenated alkanes) is 1. The first-order chi connectivity index (χ1) is 5.43. The Balaban J connectivity index is 2.09. The van der Waals surface area contributed by atoms with E-state index in [0.717, 1.165) is 6.67 Å². The van der Waals surface area contributed by atoms with Crippen LogP contribution in [0.4, 0.5) is 0 Å². The summed E-state index contributed by atoms with van der Waals surface area (Å²) in [4.78, 5) is 2.52. The number of rotatable bonds is 3. The van der Waals surface area contributed by atoms with Crippen LogP contribution >= 0.6 is 0 Å². The minimum absolute atomic E-state index is 1.11. The van der Waals surface area contributed by atoms with Gasteiger partial charge in [0.15, 0.2) is 0 Å². The van der Waals surface area contributed by atoms with E-state index >= 15 is 0 Å². The zero-order valence-electron chi connectivity index (χ0n) is 7.60. The average molecular weight is 156 g/mol. The van der Waals surface area contributed by atoms with Gasteiger partial charge < -0.3 is 5.32 Å². The van der Waals surface area contributed by atoms with E-state index in [1.54, 1.807) is 0 Å². The summed E-state index contributed by atoms with van der Waals surface area (Å²) in [7, 11) is 0. The molecule has 0 aromatic rings. The van der Waals surface area contributed by atoms with Crippen molar-refractivity contribution in [2.24, 2.45) is 0 Å². The minimum atomic E-state index is 1.11. The van der Waals surface area contributed by atoms with E-state index in [1.165, 1.54) is 45.3 Å². The standard InChI is InChI=1S/C9H20N2/c1-2-3-7-11-8-5-4-6-10-9-11/h10H,2-9H2,1H3. The smallest absolute Gasteiger partial charge is 0.0480 e. The molecule has 0 bridgehead atoms. The fourth-order valence-corrected chi connectivity index (χ4v) is 1.47. The Labute approximate surface area is 70.0 Å². The Morgan fingerprint density at radius 1 is 1.36 bits per heavy atom. The van der Waals surface area contributed by atoms with E-state index in [2.05, 4.69) is 17.1 Å². The summed E-state index contributed by atoms with van der Waals surface area (Å²) in [5.41, 5.74) is 0. The molecule has 2 heteroatoms. The van der Waals surface area contributed by atoms with Gasteiger partial charge in [-0.1, -0.05) is 13.3 Å². The number of nitrogens with one attached hydrogen (secondary N) is 1. The van der Waals surface area contributed by atoms with Crippen LogP contribution in [0.3, 0.4) is 0 Å². The third-order valence-electron chi connectivity index (χ3n) is 2.24. The van der Waals surface area contributed by atoms with Crippen LogP contribution in [0.2, 0.25) is 0 Å². The first-order valence-electron chi connectivity index (χ1n) is 4.86. The summed E-state index contributed by atoms with van der Waals surface area (Å²) < 4.78 is 0. The van der Waals surface area contributed by atoms with Gasteiger partial charge in [-0.25, -0.2) is 0 Å². The van der Waals surface area contributed by atoms with E-state index in [4.69, 9.17) is 0 Å². The van der Waals surface area contributed by atoms with Gasteiger partial charge in [0.2, 0.25) is 0 Å². The molecule has 1 aliphatic rings. The molecule has 1 saturated heterocycles. The highest BCUT2D eigenvalue weighted by Gasteiger charge is 2.06. The molecular weight excluding hydrogens is 136 g/mol. The third kappa shape index (κ3) is 3.73. The van der Waals surface area contributed by atoms with Crippen molar-refractivity contribution < 1.29 is 0 Å². The molecule has 66 valence electrons. The summed E-state index contributed by atoms with van der Waals surface area (Å²) >= 11 is 0. The number of hydrogen-bond donors (Lipinski definition) is 1. The van der Waals surface area contributed by atoms with Crippen LogP contribution in [0.5, 0.6) is 0 Å². The van der Waals surface area contributed by atoms with E-state index in [1.807, 2.05) is 0 Å². The van der Waals surface area contributed by atoms with Crippen molar-refractivity contribution in [3.63, 3.8) is 0 Å². The van der Waals surface area contributed by atoms with Gasteiger partial charge in [-0.3, -0.25) is 4.90 Å². The molecule has 11 heavy (non-hydrogen) atoms. The molecule has 1 N–H and O–H groups in total. The molecule has 1 fully saturated rings. The van der Waals surface area contributed by atoms with Crippen molar-refractivity contribution >= 4 is 0 Å². The van der Waals surface area contributed by atoms with Crippen LogP contribution in [-0.2, 0) is 0 Å². The number of nitrogens with zero attached hydrogens (tertiary/aromatic N) is 1. The second-order valence-electron chi connectivity index (χ2n) is 3.34. The first-order valence-corrected chi connectivity index (χ1v) is 4.86. The number of hydrogen-bond acceptors (Lipinski definition) is 2. The summed E-state index contributed by atoms with van der Waals surface area (Å²) in [6, 6.07) is 0. The molecule has 0 aromatic carbocycles. The van der Waals surface area contributed by atoms with Crippen molar-refractivity contribution in [2.45, 2.75) is 32.6 Å². The van der Waals surface area contributed by atoms with Crippen molar-refractivity contribution in [2.75, 3.05) is 26.3 Å². The summed E-state index contributed by atoms with van der Waals surface area (Å²) in [5.74, 6) is 0. The molecule has 0 radical (unpaired) electrons. The summed E-state index contributed by atoms with van der Waals surface area (Å²) in [6.45, 7) is 7.16. The molecule has 0 unspecified atom stereocenters. The average Bonchev–Trinajstić information content (AvgIpc) is 2.28. The lowest BCUT2D eigenvalue weighted by Gasteiger charge is -2.18. The second-order valence-corrected chi connectivity index (χ2v) is 3.34. The normalized spacial score (nSPS) is 21.5. The maximum Gasteiger partial charge on any atom is 0.0480 e. The van der Waals surface area contributed by atoms with Crippen LogP contribution in [0.15, 0.2) is 0 Å². The van der Waals surface area contributed by atoms with Gasteiger partial charge >= 0.3 is 0 Å². The van der Waals surface area contributed by atoms with Crippen molar-refractivity contribution in [3.05, 3.63) is 0 Å². The lowest BCUT2D eigenvalue weighted by molar-refractivity contribution is 0.267. The monoisotopic (exact) mass is 156 g/mol. The maximum absolute atomic E-state index is 3.43. The van der Waals surface area contributed by atoms with Crippen LogP contribution in [0.25, 0.3) is 0 Å². The Morgan fingerprint density at radius 2 is 2.27 bits per heavy atom. The molecule has 0 amide bonds. The highest BCUT2D eigenvalue weighted by atomic mass is 15.2. The Kier molecular flexibility index (Phi) is 4.55.